The van der Waals surface area contributed by atoms with E-state index >= 15 is 0 Å². The summed E-state index contributed by atoms with van der Waals surface area (Å²) in [6.45, 7) is 4.76. The molecule has 0 aliphatic heterocycles. The molecule has 0 aliphatic carbocycles. The maximum Gasteiger partial charge on any atom is 0.257 e. The molecule has 2 aromatic carbocycles. The second-order valence-electron chi connectivity index (χ2n) is 6.12. The highest BCUT2D eigenvalue weighted by Crippen LogP contribution is 2.14. The highest BCUT2D eigenvalue weighted by atomic mass is 16.1. The molecule has 4 heteroatoms. The average molecular weight is 331 g/mol. The van der Waals surface area contributed by atoms with Crippen LogP contribution in [0.1, 0.15) is 27.0 Å². The van der Waals surface area contributed by atoms with Gasteiger partial charge in [0.25, 0.3) is 5.91 Å². The first-order valence-electron chi connectivity index (χ1n) is 8.23. The zero-order valence-electron chi connectivity index (χ0n) is 14.4. The molecule has 0 unspecified atom stereocenters. The van der Waals surface area contributed by atoms with Crippen molar-refractivity contribution in [2.45, 2.75) is 20.4 Å². The normalized spacial score (nSPS) is 10.3. The Balaban J connectivity index is 1.64. The lowest BCUT2D eigenvalue weighted by Crippen LogP contribution is -2.12. The number of aryl methyl sites for hydroxylation is 2. The maximum atomic E-state index is 12.4. The van der Waals surface area contributed by atoms with Gasteiger partial charge in [-0.2, -0.15) is 0 Å². The van der Waals surface area contributed by atoms with E-state index < -0.39 is 0 Å². The van der Waals surface area contributed by atoms with Gasteiger partial charge in [-0.05, 0) is 37.6 Å². The zero-order chi connectivity index (χ0) is 17.6. The molecule has 126 valence electrons. The molecule has 1 amide bonds. The second-order valence-corrected chi connectivity index (χ2v) is 6.12. The minimum atomic E-state index is -0.171. The first-order valence-corrected chi connectivity index (χ1v) is 8.23. The number of benzene rings is 2. The first-order chi connectivity index (χ1) is 12.1. The SMILES string of the molecule is Cc1ccc(CNc2cncc(C(=O)Nc3ccc(C)cc3)c2)cc1. The van der Waals surface area contributed by atoms with Crippen LogP contribution in [0, 0.1) is 13.8 Å². The van der Waals surface area contributed by atoms with E-state index in [1.54, 1.807) is 12.4 Å². The van der Waals surface area contributed by atoms with Gasteiger partial charge in [0.15, 0.2) is 0 Å². The Bertz CT molecular complexity index is 855. The molecule has 0 saturated heterocycles. The van der Waals surface area contributed by atoms with Crippen molar-refractivity contribution < 1.29 is 4.79 Å². The number of carbonyl (C=O) groups is 1. The highest BCUT2D eigenvalue weighted by molar-refractivity contribution is 6.04. The summed E-state index contributed by atoms with van der Waals surface area (Å²) in [6, 6.07) is 17.9. The smallest absolute Gasteiger partial charge is 0.257 e. The summed E-state index contributed by atoms with van der Waals surface area (Å²) >= 11 is 0. The van der Waals surface area contributed by atoms with E-state index in [4.69, 9.17) is 0 Å². The summed E-state index contributed by atoms with van der Waals surface area (Å²) in [4.78, 5) is 16.5. The molecule has 0 saturated carbocycles. The number of hydrogen-bond donors (Lipinski definition) is 2. The molecule has 3 rings (SSSR count). The molecule has 0 spiro atoms. The predicted octanol–water partition coefficient (Wildman–Crippen LogP) is 4.56. The highest BCUT2D eigenvalue weighted by Gasteiger charge is 2.07. The topological polar surface area (TPSA) is 54.0 Å². The number of nitrogens with one attached hydrogen (secondary N) is 2. The number of anilines is 2. The Labute approximate surface area is 147 Å². The number of hydrogen-bond acceptors (Lipinski definition) is 3. The van der Waals surface area contributed by atoms with E-state index in [0.29, 0.717) is 12.1 Å². The number of rotatable bonds is 5. The van der Waals surface area contributed by atoms with Gasteiger partial charge in [0.05, 0.1) is 11.3 Å². The van der Waals surface area contributed by atoms with Crippen molar-refractivity contribution in [3.63, 3.8) is 0 Å². The van der Waals surface area contributed by atoms with Gasteiger partial charge in [-0.15, -0.1) is 0 Å². The third kappa shape index (κ3) is 4.67. The van der Waals surface area contributed by atoms with E-state index in [1.807, 2.05) is 37.3 Å². The monoisotopic (exact) mass is 331 g/mol. The number of amides is 1. The second kappa shape index (κ2) is 7.62. The van der Waals surface area contributed by atoms with Gasteiger partial charge in [0.2, 0.25) is 0 Å². The van der Waals surface area contributed by atoms with Crippen LogP contribution in [-0.4, -0.2) is 10.9 Å². The molecular formula is C21H21N3O. The number of aromatic nitrogens is 1. The zero-order valence-corrected chi connectivity index (χ0v) is 14.4. The Kier molecular flexibility index (Phi) is 5.09. The fourth-order valence-corrected chi connectivity index (χ4v) is 2.41. The van der Waals surface area contributed by atoms with Crippen LogP contribution in [0.5, 0.6) is 0 Å². The molecule has 1 aromatic heterocycles. The van der Waals surface area contributed by atoms with Gasteiger partial charge >= 0.3 is 0 Å². The lowest BCUT2D eigenvalue weighted by Gasteiger charge is -2.09. The van der Waals surface area contributed by atoms with E-state index in [0.717, 1.165) is 16.9 Å². The Morgan fingerprint density at radius 1 is 0.880 bits per heavy atom. The quantitative estimate of drug-likeness (QED) is 0.720. The Morgan fingerprint density at radius 3 is 2.20 bits per heavy atom. The van der Waals surface area contributed by atoms with E-state index in [9.17, 15) is 4.79 Å². The molecule has 0 bridgehead atoms. The van der Waals surface area contributed by atoms with Crippen LogP contribution >= 0.6 is 0 Å². The molecule has 0 radical (unpaired) electrons. The fourth-order valence-electron chi connectivity index (χ4n) is 2.41. The maximum absolute atomic E-state index is 12.4. The fraction of sp³-hybridized carbons (Fsp3) is 0.143. The lowest BCUT2D eigenvalue weighted by molar-refractivity contribution is 0.102. The molecule has 0 fully saturated rings. The minimum absolute atomic E-state index is 0.171. The Hall–Kier alpha value is -3.14. The third-order valence-electron chi connectivity index (χ3n) is 3.93. The van der Waals surface area contributed by atoms with Crippen LogP contribution in [-0.2, 0) is 6.54 Å². The van der Waals surface area contributed by atoms with Crippen LogP contribution in [0.25, 0.3) is 0 Å². The molecule has 2 N–H and O–H groups in total. The lowest BCUT2D eigenvalue weighted by atomic mass is 10.1. The summed E-state index contributed by atoms with van der Waals surface area (Å²) in [5, 5.41) is 6.19. The van der Waals surface area contributed by atoms with Crippen LogP contribution in [0.4, 0.5) is 11.4 Å². The van der Waals surface area contributed by atoms with Crippen molar-refractivity contribution >= 4 is 17.3 Å². The van der Waals surface area contributed by atoms with Gasteiger partial charge in [-0.1, -0.05) is 47.5 Å². The van der Waals surface area contributed by atoms with Crippen LogP contribution in [0.15, 0.2) is 67.0 Å². The predicted molar refractivity (Wildman–Crippen MR) is 102 cm³/mol. The molecule has 25 heavy (non-hydrogen) atoms. The van der Waals surface area contributed by atoms with Crippen molar-refractivity contribution in [3.8, 4) is 0 Å². The standard InChI is InChI=1S/C21H21N3O/c1-15-3-7-17(8-4-15)12-23-20-11-18(13-22-14-20)21(25)24-19-9-5-16(2)6-10-19/h3-11,13-14,23H,12H2,1-2H3,(H,24,25). The van der Waals surface area contributed by atoms with Gasteiger partial charge in [0.1, 0.15) is 0 Å². The molecule has 4 nitrogen and oxygen atoms in total. The summed E-state index contributed by atoms with van der Waals surface area (Å²) in [5.74, 6) is -0.171. The summed E-state index contributed by atoms with van der Waals surface area (Å²) in [6.07, 6.45) is 3.29. The van der Waals surface area contributed by atoms with Crippen molar-refractivity contribution in [2.75, 3.05) is 10.6 Å². The summed E-state index contributed by atoms with van der Waals surface area (Å²) in [7, 11) is 0. The minimum Gasteiger partial charge on any atom is -0.380 e. The van der Waals surface area contributed by atoms with Gasteiger partial charge in [0, 0.05) is 24.6 Å². The number of carbonyl (C=O) groups excluding carboxylic acids is 1. The van der Waals surface area contributed by atoms with Crippen molar-refractivity contribution in [3.05, 3.63) is 89.2 Å². The Morgan fingerprint density at radius 2 is 1.52 bits per heavy atom. The van der Waals surface area contributed by atoms with Crippen molar-refractivity contribution in [1.29, 1.82) is 0 Å². The van der Waals surface area contributed by atoms with Crippen LogP contribution in [0.3, 0.4) is 0 Å². The van der Waals surface area contributed by atoms with Gasteiger partial charge in [-0.25, -0.2) is 0 Å². The van der Waals surface area contributed by atoms with Crippen molar-refractivity contribution in [2.24, 2.45) is 0 Å². The molecule has 3 aromatic rings. The number of pyridine rings is 1. The largest absolute Gasteiger partial charge is 0.380 e. The van der Waals surface area contributed by atoms with E-state index in [2.05, 4.69) is 46.8 Å². The summed E-state index contributed by atoms with van der Waals surface area (Å²) < 4.78 is 0. The molecule has 1 heterocycles. The van der Waals surface area contributed by atoms with E-state index in [-0.39, 0.29) is 5.91 Å². The molecular weight excluding hydrogens is 310 g/mol. The van der Waals surface area contributed by atoms with E-state index in [1.165, 1.54) is 11.1 Å². The molecule has 0 atom stereocenters. The average Bonchev–Trinajstić information content (AvgIpc) is 2.63. The number of nitrogens with zero attached hydrogens (tertiary/aromatic N) is 1. The van der Waals surface area contributed by atoms with Crippen LogP contribution < -0.4 is 10.6 Å². The van der Waals surface area contributed by atoms with Crippen molar-refractivity contribution in [1.82, 2.24) is 4.98 Å². The molecule has 0 aliphatic rings. The van der Waals surface area contributed by atoms with Gasteiger partial charge < -0.3 is 10.6 Å². The summed E-state index contributed by atoms with van der Waals surface area (Å²) in [5.41, 5.74) is 5.68. The van der Waals surface area contributed by atoms with Crippen LogP contribution in [0.2, 0.25) is 0 Å². The first kappa shape index (κ1) is 16.7. The third-order valence-corrected chi connectivity index (χ3v) is 3.93. The van der Waals surface area contributed by atoms with Gasteiger partial charge in [-0.3, -0.25) is 9.78 Å².